The summed E-state index contributed by atoms with van der Waals surface area (Å²) in [6, 6.07) is 0. The number of aliphatic imine (C=N–C) groups is 1. The third-order valence-corrected chi connectivity index (χ3v) is 2.36. The number of unbranched alkanes of at least 4 members (excludes halogenated alkanes) is 5. The molecule has 0 saturated carbocycles. The van der Waals surface area contributed by atoms with Crippen LogP contribution in [0.1, 0.15) is 52.4 Å². The molecule has 0 amide bonds. The first kappa shape index (κ1) is 15.2. The Balaban J connectivity index is 3.27. The molecule has 0 saturated heterocycles. The predicted molar refractivity (Wildman–Crippen MR) is 69.5 cm³/mol. The first-order valence-electron chi connectivity index (χ1n) is 6.38. The number of rotatable bonds is 9. The highest BCUT2D eigenvalue weighted by molar-refractivity contribution is 5.77. The fourth-order valence-electron chi connectivity index (χ4n) is 1.41. The SMILES string of the molecule is CCCCCCCCNC(N)=NCC(C)O. The lowest BCUT2D eigenvalue weighted by atomic mass is 10.1. The molecule has 96 valence electrons. The summed E-state index contributed by atoms with van der Waals surface area (Å²) < 4.78 is 0. The number of hydrogen-bond acceptors (Lipinski definition) is 2. The van der Waals surface area contributed by atoms with E-state index in [1.807, 2.05) is 0 Å². The van der Waals surface area contributed by atoms with Crippen LogP contribution in [0.4, 0.5) is 0 Å². The molecule has 16 heavy (non-hydrogen) atoms. The molecule has 4 heteroatoms. The minimum atomic E-state index is -0.422. The van der Waals surface area contributed by atoms with Crippen LogP contribution in [0.2, 0.25) is 0 Å². The van der Waals surface area contributed by atoms with Crippen molar-refractivity contribution in [2.24, 2.45) is 10.7 Å². The summed E-state index contributed by atoms with van der Waals surface area (Å²) in [6.07, 6.45) is 7.23. The standard InChI is InChI=1S/C12H27N3O/c1-3-4-5-6-7-8-9-14-12(13)15-10-11(2)16/h11,16H,3-10H2,1-2H3,(H3,13,14,15). The van der Waals surface area contributed by atoms with E-state index in [0.717, 1.165) is 13.0 Å². The Kier molecular flexibility index (Phi) is 10.2. The van der Waals surface area contributed by atoms with Crippen molar-refractivity contribution in [1.29, 1.82) is 0 Å². The van der Waals surface area contributed by atoms with Crippen LogP contribution < -0.4 is 11.1 Å². The van der Waals surface area contributed by atoms with Crippen molar-refractivity contribution in [3.8, 4) is 0 Å². The topological polar surface area (TPSA) is 70.6 Å². The molecular weight excluding hydrogens is 202 g/mol. The Morgan fingerprint density at radius 3 is 2.50 bits per heavy atom. The first-order chi connectivity index (χ1) is 7.66. The molecule has 0 spiro atoms. The van der Waals surface area contributed by atoms with Gasteiger partial charge in [-0.3, -0.25) is 4.99 Å². The van der Waals surface area contributed by atoms with E-state index in [1.165, 1.54) is 32.1 Å². The second-order valence-electron chi connectivity index (χ2n) is 4.27. The van der Waals surface area contributed by atoms with Gasteiger partial charge in [0.15, 0.2) is 5.96 Å². The van der Waals surface area contributed by atoms with Crippen molar-refractivity contribution >= 4 is 5.96 Å². The van der Waals surface area contributed by atoms with Gasteiger partial charge in [0, 0.05) is 6.54 Å². The molecule has 0 aliphatic heterocycles. The highest BCUT2D eigenvalue weighted by atomic mass is 16.3. The minimum Gasteiger partial charge on any atom is -0.391 e. The monoisotopic (exact) mass is 229 g/mol. The van der Waals surface area contributed by atoms with Crippen LogP contribution in [0.3, 0.4) is 0 Å². The molecule has 0 aliphatic rings. The molecule has 0 bridgehead atoms. The van der Waals surface area contributed by atoms with E-state index < -0.39 is 6.10 Å². The maximum atomic E-state index is 9.00. The Morgan fingerprint density at radius 1 is 1.25 bits per heavy atom. The lowest BCUT2D eigenvalue weighted by molar-refractivity contribution is 0.204. The molecule has 0 aromatic carbocycles. The lowest BCUT2D eigenvalue weighted by Crippen LogP contribution is -2.33. The molecule has 1 atom stereocenters. The van der Waals surface area contributed by atoms with Crippen molar-refractivity contribution in [1.82, 2.24) is 5.32 Å². The molecule has 0 aliphatic carbocycles. The number of aliphatic hydroxyl groups excluding tert-OH is 1. The third-order valence-electron chi connectivity index (χ3n) is 2.36. The van der Waals surface area contributed by atoms with Crippen LogP contribution in [-0.4, -0.2) is 30.3 Å². The van der Waals surface area contributed by atoms with Gasteiger partial charge < -0.3 is 16.2 Å². The zero-order valence-electron chi connectivity index (χ0n) is 10.7. The number of nitrogens with zero attached hydrogens (tertiary/aromatic N) is 1. The minimum absolute atomic E-state index is 0.370. The van der Waals surface area contributed by atoms with Gasteiger partial charge in [-0.2, -0.15) is 0 Å². The fourth-order valence-corrected chi connectivity index (χ4v) is 1.41. The summed E-state index contributed by atoms with van der Waals surface area (Å²) in [4.78, 5) is 4.00. The second kappa shape index (κ2) is 10.7. The zero-order chi connectivity index (χ0) is 12.2. The smallest absolute Gasteiger partial charge is 0.188 e. The molecule has 0 rings (SSSR count). The molecular formula is C12H27N3O. The number of nitrogens with one attached hydrogen (secondary N) is 1. The lowest BCUT2D eigenvalue weighted by Gasteiger charge is -2.06. The summed E-state index contributed by atoms with van der Waals surface area (Å²) in [5.74, 6) is 0.439. The Labute approximate surface area is 99.3 Å². The van der Waals surface area contributed by atoms with Crippen LogP contribution >= 0.6 is 0 Å². The average Bonchev–Trinajstić information content (AvgIpc) is 2.25. The Hall–Kier alpha value is -0.770. The zero-order valence-corrected chi connectivity index (χ0v) is 10.7. The maximum absolute atomic E-state index is 9.00. The van der Waals surface area contributed by atoms with Gasteiger partial charge in [-0.05, 0) is 13.3 Å². The maximum Gasteiger partial charge on any atom is 0.188 e. The van der Waals surface area contributed by atoms with Gasteiger partial charge in [0.05, 0.1) is 12.6 Å². The summed E-state index contributed by atoms with van der Waals surface area (Å²) in [6.45, 7) is 5.17. The molecule has 1 unspecified atom stereocenters. The summed E-state index contributed by atoms with van der Waals surface area (Å²) in [5, 5.41) is 12.0. The van der Waals surface area contributed by atoms with E-state index in [9.17, 15) is 0 Å². The highest BCUT2D eigenvalue weighted by Crippen LogP contribution is 2.03. The molecule has 0 fully saturated rings. The quantitative estimate of drug-likeness (QED) is 0.320. The summed E-state index contributed by atoms with van der Waals surface area (Å²) in [7, 11) is 0. The van der Waals surface area contributed by atoms with E-state index in [4.69, 9.17) is 10.8 Å². The van der Waals surface area contributed by atoms with Crippen LogP contribution in [0.15, 0.2) is 4.99 Å². The van der Waals surface area contributed by atoms with Crippen LogP contribution in [-0.2, 0) is 0 Å². The van der Waals surface area contributed by atoms with Gasteiger partial charge in [0.2, 0.25) is 0 Å². The summed E-state index contributed by atoms with van der Waals surface area (Å²) >= 11 is 0. The van der Waals surface area contributed by atoms with E-state index in [-0.39, 0.29) is 0 Å². The molecule has 4 N–H and O–H groups in total. The van der Waals surface area contributed by atoms with Crippen molar-refractivity contribution in [3.63, 3.8) is 0 Å². The van der Waals surface area contributed by atoms with Gasteiger partial charge in [-0.25, -0.2) is 0 Å². The van der Waals surface area contributed by atoms with Gasteiger partial charge in [0.1, 0.15) is 0 Å². The normalized spacial score (nSPS) is 13.8. The Bertz CT molecular complexity index is 181. The van der Waals surface area contributed by atoms with Crippen molar-refractivity contribution in [2.45, 2.75) is 58.5 Å². The average molecular weight is 229 g/mol. The van der Waals surface area contributed by atoms with Gasteiger partial charge >= 0.3 is 0 Å². The molecule has 4 nitrogen and oxygen atoms in total. The van der Waals surface area contributed by atoms with Crippen molar-refractivity contribution in [2.75, 3.05) is 13.1 Å². The van der Waals surface area contributed by atoms with Crippen LogP contribution in [0, 0.1) is 0 Å². The number of guanidine groups is 1. The van der Waals surface area contributed by atoms with Crippen LogP contribution in [0.25, 0.3) is 0 Å². The van der Waals surface area contributed by atoms with E-state index >= 15 is 0 Å². The Morgan fingerprint density at radius 2 is 1.88 bits per heavy atom. The number of nitrogens with two attached hydrogens (primary N) is 1. The number of aliphatic hydroxyl groups is 1. The van der Waals surface area contributed by atoms with Gasteiger partial charge in [-0.15, -0.1) is 0 Å². The van der Waals surface area contributed by atoms with Gasteiger partial charge in [0.25, 0.3) is 0 Å². The van der Waals surface area contributed by atoms with E-state index in [1.54, 1.807) is 6.92 Å². The third kappa shape index (κ3) is 11.3. The molecule has 0 heterocycles. The predicted octanol–water partition coefficient (Wildman–Crippen LogP) is 1.63. The molecule has 0 aromatic rings. The largest absolute Gasteiger partial charge is 0.391 e. The first-order valence-corrected chi connectivity index (χ1v) is 6.38. The van der Waals surface area contributed by atoms with Gasteiger partial charge in [-0.1, -0.05) is 39.0 Å². The highest BCUT2D eigenvalue weighted by Gasteiger charge is 1.95. The fraction of sp³-hybridized carbons (Fsp3) is 0.917. The molecule has 0 aromatic heterocycles. The van der Waals surface area contributed by atoms with Crippen molar-refractivity contribution in [3.05, 3.63) is 0 Å². The summed E-state index contributed by atoms with van der Waals surface area (Å²) in [5.41, 5.74) is 5.61. The van der Waals surface area contributed by atoms with E-state index in [2.05, 4.69) is 17.2 Å². The molecule has 0 radical (unpaired) electrons. The van der Waals surface area contributed by atoms with Crippen molar-refractivity contribution < 1.29 is 5.11 Å². The number of hydrogen-bond donors (Lipinski definition) is 3. The van der Waals surface area contributed by atoms with Crippen LogP contribution in [0.5, 0.6) is 0 Å². The second-order valence-corrected chi connectivity index (χ2v) is 4.27. The van der Waals surface area contributed by atoms with E-state index in [0.29, 0.717) is 12.5 Å².